The molecule has 6 nitrogen and oxygen atoms in total. The Hall–Kier alpha value is -2.12. The van der Waals surface area contributed by atoms with Crippen molar-refractivity contribution < 1.29 is 19.4 Å². The second-order valence-electron chi connectivity index (χ2n) is 7.89. The maximum Gasteiger partial charge on any atom is 0.258 e. The molecule has 3 rings (SSSR count). The van der Waals surface area contributed by atoms with Crippen LogP contribution in [0.1, 0.15) is 42.4 Å². The van der Waals surface area contributed by atoms with Gasteiger partial charge in [0.15, 0.2) is 6.61 Å². The van der Waals surface area contributed by atoms with Gasteiger partial charge in [0.25, 0.3) is 5.91 Å². The number of aliphatic hydroxyl groups is 1. The Morgan fingerprint density at radius 1 is 1.23 bits per heavy atom. The van der Waals surface area contributed by atoms with Crippen LogP contribution < -0.4 is 15.4 Å². The number of methoxy groups -OCH3 is 1. The molecular weight excluding hydrogens is 416 g/mol. The van der Waals surface area contributed by atoms with E-state index in [1.807, 2.05) is 24.3 Å². The van der Waals surface area contributed by atoms with E-state index in [2.05, 4.69) is 22.8 Å². The molecule has 1 aliphatic carbocycles. The minimum absolute atomic E-state index is 0.00651. The zero-order valence-corrected chi connectivity index (χ0v) is 18.6. The monoisotopic (exact) mass is 446 g/mol. The summed E-state index contributed by atoms with van der Waals surface area (Å²) in [5.74, 6) is 1.00. The highest BCUT2D eigenvalue weighted by Crippen LogP contribution is 2.35. The molecule has 0 saturated heterocycles. The number of amides is 1. The Bertz CT molecular complexity index is 831. The SMILES string of the molecule is COCCNC(=O)COc1ccc(C2CCC(NCC(O)c3cccc(Cl)c3)C2)cc1. The Morgan fingerprint density at radius 3 is 2.77 bits per heavy atom. The minimum Gasteiger partial charge on any atom is -0.484 e. The molecule has 7 heteroatoms. The molecule has 1 saturated carbocycles. The lowest BCUT2D eigenvalue weighted by atomic mass is 9.97. The van der Waals surface area contributed by atoms with E-state index in [1.54, 1.807) is 19.2 Å². The Kier molecular flexibility index (Phi) is 9.15. The van der Waals surface area contributed by atoms with Crippen LogP contribution in [0.15, 0.2) is 48.5 Å². The molecule has 3 N–H and O–H groups in total. The summed E-state index contributed by atoms with van der Waals surface area (Å²) in [5, 5.41) is 17.3. The average molecular weight is 447 g/mol. The molecular formula is C24H31ClN2O4. The van der Waals surface area contributed by atoms with Crippen LogP contribution in [-0.4, -0.2) is 50.5 Å². The number of rotatable bonds is 11. The van der Waals surface area contributed by atoms with E-state index in [0.29, 0.717) is 42.4 Å². The zero-order chi connectivity index (χ0) is 22.1. The number of benzene rings is 2. The lowest BCUT2D eigenvalue weighted by Crippen LogP contribution is -2.31. The zero-order valence-electron chi connectivity index (χ0n) is 17.9. The highest BCUT2D eigenvalue weighted by molar-refractivity contribution is 6.30. The summed E-state index contributed by atoms with van der Waals surface area (Å²) in [6, 6.07) is 15.7. The van der Waals surface area contributed by atoms with Crippen molar-refractivity contribution in [2.45, 2.75) is 37.3 Å². The van der Waals surface area contributed by atoms with Crippen LogP contribution in [0.25, 0.3) is 0 Å². The van der Waals surface area contributed by atoms with Crippen LogP contribution in [0, 0.1) is 0 Å². The third kappa shape index (κ3) is 7.51. The maximum atomic E-state index is 11.7. The van der Waals surface area contributed by atoms with Gasteiger partial charge >= 0.3 is 0 Å². The molecule has 0 spiro atoms. The largest absolute Gasteiger partial charge is 0.484 e. The molecule has 168 valence electrons. The van der Waals surface area contributed by atoms with Crippen LogP contribution in [0.4, 0.5) is 0 Å². The lowest BCUT2D eigenvalue weighted by molar-refractivity contribution is -0.123. The fourth-order valence-corrected chi connectivity index (χ4v) is 4.11. The highest BCUT2D eigenvalue weighted by atomic mass is 35.5. The van der Waals surface area contributed by atoms with Crippen LogP contribution >= 0.6 is 11.6 Å². The molecule has 2 aromatic rings. The predicted molar refractivity (Wildman–Crippen MR) is 122 cm³/mol. The van der Waals surface area contributed by atoms with Crippen molar-refractivity contribution in [3.05, 3.63) is 64.7 Å². The summed E-state index contributed by atoms with van der Waals surface area (Å²) in [4.78, 5) is 11.7. The molecule has 31 heavy (non-hydrogen) atoms. The van der Waals surface area contributed by atoms with Gasteiger partial charge in [-0.05, 0) is 60.6 Å². The summed E-state index contributed by atoms with van der Waals surface area (Å²) in [5.41, 5.74) is 2.11. The molecule has 0 heterocycles. The van der Waals surface area contributed by atoms with Gasteiger partial charge in [-0.2, -0.15) is 0 Å². The van der Waals surface area contributed by atoms with Gasteiger partial charge in [0, 0.05) is 31.3 Å². The van der Waals surface area contributed by atoms with Gasteiger partial charge in [0.2, 0.25) is 0 Å². The Balaban J connectivity index is 1.41. The quantitative estimate of drug-likeness (QED) is 0.461. The molecule has 0 bridgehead atoms. The lowest BCUT2D eigenvalue weighted by Gasteiger charge is -2.17. The molecule has 2 aromatic carbocycles. The van der Waals surface area contributed by atoms with E-state index in [4.69, 9.17) is 21.1 Å². The number of hydrogen-bond acceptors (Lipinski definition) is 5. The van der Waals surface area contributed by atoms with Crippen molar-refractivity contribution in [3.63, 3.8) is 0 Å². The highest BCUT2D eigenvalue weighted by Gasteiger charge is 2.26. The van der Waals surface area contributed by atoms with E-state index in [-0.39, 0.29) is 12.5 Å². The number of carbonyl (C=O) groups excluding carboxylic acids is 1. The first-order valence-corrected chi connectivity index (χ1v) is 11.1. The van der Waals surface area contributed by atoms with Crippen molar-refractivity contribution in [2.24, 2.45) is 0 Å². The first-order chi connectivity index (χ1) is 15.0. The smallest absolute Gasteiger partial charge is 0.258 e. The van der Waals surface area contributed by atoms with Gasteiger partial charge in [-0.1, -0.05) is 35.9 Å². The molecule has 1 aliphatic rings. The standard InChI is InChI=1S/C24H31ClN2O4/c1-30-12-11-26-24(29)16-31-22-9-6-17(7-10-22)18-5-8-21(14-18)27-15-23(28)19-3-2-4-20(25)13-19/h2-4,6-7,9-10,13,18,21,23,27-28H,5,8,11-12,14-16H2,1H3,(H,26,29). The van der Waals surface area contributed by atoms with Gasteiger partial charge in [0.05, 0.1) is 12.7 Å². The molecule has 0 radical (unpaired) electrons. The molecule has 3 unspecified atom stereocenters. The minimum atomic E-state index is -0.569. The van der Waals surface area contributed by atoms with Crippen molar-refractivity contribution in [2.75, 3.05) is 33.4 Å². The summed E-state index contributed by atoms with van der Waals surface area (Å²) in [7, 11) is 1.59. The van der Waals surface area contributed by atoms with Gasteiger partial charge in [0.1, 0.15) is 5.75 Å². The summed E-state index contributed by atoms with van der Waals surface area (Å²) in [6.07, 6.45) is 2.64. The van der Waals surface area contributed by atoms with Gasteiger partial charge in [-0.25, -0.2) is 0 Å². The van der Waals surface area contributed by atoms with Crippen LogP contribution in [0.5, 0.6) is 5.75 Å². The van der Waals surface area contributed by atoms with E-state index < -0.39 is 6.10 Å². The fourth-order valence-electron chi connectivity index (χ4n) is 3.91. The van der Waals surface area contributed by atoms with E-state index in [9.17, 15) is 9.90 Å². The fraction of sp³-hybridized carbons (Fsp3) is 0.458. The second kappa shape index (κ2) is 12.1. The number of carbonyl (C=O) groups is 1. The summed E-state index contributed by atoms with van der Waals surface area (Å²) in [6.45, 7) is 1.46. The second-order valence-corrected chi connectivity index (χ2v) is 8.32. The van der Waals surface area contributed by atoms with E-state index >= 15 is 0 Å². The normalized spacial score (nSPS) is 19.2. The third-order valence-electron chi connectivity index (χ3n) is 5.62. The number of halogens is 1. The van der Waals surface area contributed by atoms with Crippen molar-refractivity contribution in [1.29, 1.82) is 0 Å². The summed E-state index contributed by atoms with van der Waals surface area (Å²) >= 11 is 6.01. The predicted octanol–water partition coefficient (Wildman–Crippen LogP) is 3.44. The number of aliphatic hydroxyl groups excluding tert-OH is 1. The molecule has 0 aromatic heterocycles. The molecule has 0 aliphatic heterocycles. The third-order valence-corrected chi connectivity index (χ3v) is 5.85. The number of ether oxygens (including phenoxy) is 2. The average Bonchev–Trinajstić information content (AvgIpc) is 3.25. The van der Waals surface area contributed by atoms with Crippen LogP contribution in [-0.2, 0) is 9.53 Å². The van der Waals surface area contributed by atoms with Gasteiger partial charge in [-0.3, -0.25) is 4.79 Å². The topological polar surface area (TPSA) is 79.8 Å². The first kappa shape index (κ1) is 23.5. The van der Waals surface area contributed by atoms with Crippen molar-refractivity contribution in [3.8, 4) is 5.75 Å². The Morgan fingerprint density at radius 2 is 2.03 bits per heavy atom. The van der Waals surface area contributed by atoms with E-state index in [0.717, 1.165) is 24.8 Å². The molecule has 1 fully saturated rings. The first-order valence-electron chi connectivity index (χ1n) is 10.7. The van der Waals surface area contributed by atoms with Crippen LogP contribution in [0.2, 0.25) is 5.02 Å². The summed E-state index contributed by atoms with van der Waals surface area (Å²) < 4.78 is 10.4. The number of hydrogen-bond donors (Lipinski definition) is 3. The van der Waals surface area contributed by atoms with Gasteiger partial charge < -0.3 is 25.2 Å². The van der Waals surface area contributed by atoms with Crippen LogP contribution in [0.3, 0.4) is 0 Å². The maximum absolute atomic E-state index is 11.7. The van der Waals surface area contributed by atoms with Crippen molar-refractivity contribution >= 4 is 17.5 Å². The van der Waals surface area contributed by atoms with Crippen molar-refractivity contribution in [1.82, 2.24) is 10.6 Å². The van der Waals surface area contributed by atoms with Gasteiger partial charge in [-0.15, -0.1) is 0 Å². The molecule has 3 atom stereocenters. The molecule has 1 amide bonds. The number of nitrogens with one attached hydrogen (secondary N) is 2. The Labute approximate surface area is 188 Å². The van der Waals surface area contributed by atoms with E-state index in [1.165, 1.54) is 5.56 Å².